The van der Waals surface area contributed by atoms with Crippen molar-refractivity contribution in [1.29, 1.82) is 0 Å². The molecule has 2 aromatic rings. The van der Waals surface area contributed by atoms with Crippen LogP contribution in [0.4, 0.5) is 0 Å². The number of morpholine rings is 1. The molecule has 1 fully saturated rings. The zero-order chi connectivity index (χ0) is 21.0. The van der Waals surface area contributed by atoms with Crippen molar-refractivity contribution in [2.24, 2.45) is 7.05 Å². The van der Waals surface area contributed by atoms with Crippen molar-refractivity contribution in [3.63, 3.8) is 0 Å². The van der Waals surface area contributed by atoms with Crippen LogP contribution in [-0.4, -0.2) is 56.0 Å². The molecule has 2 heterocycles. The van der Waals surface area contributed by atoms with Gasteiger partial charge < -0.3 is 14.6 Å². The predicted octanol–water partition coefficient (Wildman–Crippen LogP) is 2.03. The molecule has 7 nitrogen and oxygen atoms in total. The van der Waals surface area contributed by atoms with E-state index in [4.69, 9.17) is 4.74 Å². The highest BCUT2D eigenvalue weighted by Gasteiger charge is 2.28. The summed E-state index contributed by atoms with van der Waals surface area (Å²) >= 11 is 0. The number of sulfonamides is 1. The van der Waals surface area contributed by atoms with Crippen LogP contribution in [0.25, 0.3) is 0 Å². The van der Waals surface area contributed by atoms with Crippen LogP contribution in [-0.2, 0) is 28.2 Å². The lowest BCUT2D eigenvalue weighted by atomic mass is 10.0. The van der Waals surface area contributed by atoms with Gasteiger partial charge in [-0.3, -0.25) is 4.79 Å². The molecule has 0 unspecified atom stereocenters. The third kappa shape index (κ3) is 5.07. The van der Waals surface area contributed by atoms with Gasteiger partial charge in [-0.1, -0.05) is 23.8 Å². The highest BCUT2D eigenvalue weighted by Crippen LogP contribution is 2.19. The smallest absolute Gasteiger partial charge is 0.267 e. The van der Waals surface area contributed by atoms with E-state index in [9.17, 15) is 13.2 Å². The molecule has 0 atom stereocenters. The minimum atomic E-state index is -3.61. The van der Waals surface area contributed by atoms with E-state index in [2.05, 4.69) is 37.4 Å². The maximum atomic E-state index is 12.8. The van der Waals surface area contributed by atoms with Crippen molar-refractivity contribution < 1.29 is 17.9 Å². The van der Waals surface area contributed by atoms with E-state index in [-0.39, 0.29) is 10.8 Å². The Labute approximate surface area is 172 Å². The zero-order valence-corrected chi connectivity index (χ0v) is 18.1. The number of hydrogen-bond donors (Lipinski definition) is 1. The van der Waals surface area contributed by atoms with Gasteiger partial charge in [0, 0.05) is 32.9 Å². The molecule has 0 bridgehead atoms. The minimum absolute atomic E-state index is 0.141. The van der Waals surface area contributed by atoms with Gasteiger partial charge >= 0.3 is 0 Å². The number of benzene rings is 1. The molecule has 1 amide bonds. The Balaban J connectivity index is 1.58. The number of rotatable bonds is 7. The van der Waals surface area contributed by atoms with Crippen molar-refractivity contribution in [1.82, 2.24) is 14.2 Å². The summed E-state index contributed by atoms with van der Waals surface area (Å²) in [5, 5.41) is 2.90. The third-order valence-electron chi connectivity index (χ3n) is 5.23. The number of hydrogen-bond acceptors (Lipinski definition) is 4. The second-order valence-corrected chi connectivity index (χ2v) is 9.42. The number of nitrogens with zero attached hydrogens (tertiary/aromatic N) is 2. The molecule has 3 rings (SSSR count). The molecule has 0 aliphatic carbocycles. The fourth-order valence-electron chi connectivity index (χ4n) is 3.53. The van der Waals surface area contributed by atoms with Gasteiger partial charge in [0.25, 0.3) is 5.91 Å². The van der Waals surface area contributed by atoms with Crippen molar-refractivity contribution in [2.45, 2.75) is 31.6 Å². The van der Waals surface area contributed by atoms with E-state index in [0.717, 1.165) is 12.8 Å². The summed E-state index contributed by atoms with van der Waals surface area (Å²) < 4.78 is 33.7. The Morgan fingerprint density at radius 3 is 2.59 bits per heavy atom. The number of nitrogens with one attached hydrogen (secondary N) is 1. The van der Waals surface area contributed by atoms with E-state index < -0.39 is 10.0 Å². The fourth-order valence-corrected chi connectivity index (χ4v) is 5.01. The van der Waals surface area contributed by atoms with Gasteiger partial charge in [0.1, 0.15) is 10.6 Å². The SMILES string of the molecule is Cc1ccc(CCCNC(=O)c2cc(S(=O)(=O)N3CCOCC3)cn2C)c(C)c1. The van der Waals surface area contributed by atoms with Crippen molar-refractivity contribution >= 4 is 15.9 Å². The lowest BCUT2D eigenvalue weighted by Gasteiger charge is -2.25. The Morgan fingerprint density at radius 1 is 1.17 bits per heavy atom. The number of aromatic nitrogens is 1. The van der Waals surface area contributed by atoms with Crippen LogP contribution in [0.1, 0.15) is 33.6 Å². The van der Waals surface area contributed by atoms with E-state index >= 15 is 0 Å². The first-order valence-electron chi connectivity index (χ1n) is 9.87. The van der Waals surface area contributed by atoms with E-state index in [1.54, 1.807) is 11.6 Å². The summed E-state index contributed by atoms with van der Waals surface area (Å²) in [7, 11) is -1.93. The van der Waals surface area contributed by atoms with Gasteiger partial charge in [-0.25, -0.2) is 8.42 Å². The first-order valence-corrected chi connectivity index (χ1v) is 11.3. The molecule has 1 aliphatic heterocycles. The topological polar surface area (TPSA) is 80.6 Å². The van der Waals surface area contributed by atoms with Crippen LogP contribution in [0.5, 0.6) is 0 Å². The molecule has 1 saturated heterocycles. The molecule has 1 aromatic carbocycles. The van der Waals surface area contributed by atoms with Crippen LogP contribution >= 0.6 is 0 Å². The zero-order valence-electron chi connectivity index (χ0n) is 17.3. The van der Waals surface area contributed by atoms with Crippen molar-refractivity contribution in [2.75, 3.05) is 32.8 Å². The molecule has 0 spiro atoms. The van der Waals surface area contributed by atoms with Crippen LogP contribution < -0.4 is 5.32 Å². The normalized spacial score (nSPS) is 15.4. The monoisotopic (exact) mass is 419 g/mol. The Kier molecular flexibility index (Phi) is 6.77. The molecule has 158 valence electrons. The van der Waals surface area contributed by atoms with Gasteiger partial charge in [-0.2, -0.15) is 4.31 Å². The molecule has 8 heteroatoms. The highest BCUT2D eigenvalue weighted by molar-refractivity contribution is 7.89. The van der Waals surface area contributed by atoms with Gasteiger partial charge in [0.15, 0.2) is 0 Å². The Bertz CT molecular complexity index is 976. The maximum absolute atomic E-state index is 12.8. The predicted molar refractivity (Wildman–Crippen MR) is 112 cm³/mol. The van der Waals surface area contributed by atoms with Gasteiger partial charge in [-0.05, 0) is 43.9 Å². The minimum Gasteiger partial charge on any atom is -0.379 e. The molecule has 1 N–H and O–H groups in total. The van der Waals surface area contributed by atoms with Crippen LogP contribution in [0.15, 0.2) is 35.4 Å². The quantitative estimate of drug-likeness (QED) is 0.697. The second kappa shape index (κ2) is 9.11. The summed E-state index contributed by atoms with van der Waals surface area (Å²) in [4.78, 5) is 12.7. The lowest BCUT2D eigenvalue weighted by molar-refractivity contribution is 0.0730. The van der Waals surface area contributed by atoms with E-state index in [0.29, 0.717) is 38.5 Å². The van der Waals surface area contributed by atoms with Gasteiger partial charge in [0.05, 0.1) is 13.2 Å². The number of ether oxygens (including phenoxy) is 1. The second-order valence-electron chi connectivity index (χ2n) is 7.48. The first-order chi connectivity index (χ1) is 13.8. The molecule has 0 radical (unpaired) electrons. The molecular formula is C21H29N3O4S. The van der Waals surface area contributed by atoms with Crippen molar-refractivity contribution in [3.05, 3.63) is 52.8 Å². The van der Waals surface area contributed by atoms with Gasteiger partial charge in [0.2, 0.25) is 10.0 Å². The molecule has 1 aliphatic rings. The summed E-state index contributed by atoms with van der Waals surface area (Å²) in [6.45, 7) is 6.14. The average molecular weight is 420 g/mol. The number of carbonyl (C=O) groups is 1. The Morgan fingerprint density at radius 2 is 1.90 bits per heavy atom. The lowest BCUT2D eigenvalue weighted by Crippen LogP contribution is -2.40. The van der Waals surface area contributed by atoms with Gasteiger partial charge in [-0.15, -0.1) is 0 Å². The highest BCUT2D eigenvalue weighted by atomic mass is 32.2. The average Bonchev–Trinajstić information content (AvgIpc) is 3.10. The first kappa shape index (κ1) is 21.5. The third-order valence-corrected chi connectivity index (χ3v) is 7.09. The summed E-state index contributed by atoms with van der Waals surface area (Å²) in [5.41, 5.74) is 4.12. The number of aryl methyl sites for hydroxylation is 4. The molecule has 29 heavy (non-hydrogen) atoms. The van der Waals surface area contributed by atoms with E-state index in [1.165, 1.54) is 33.3 Å². The largest absolute Gasteiger partial charge is 0.379 e. The molecule has 1 aromatic heterocycles. The Hall–Kier alpha value is -2.16. The summed E-state index contributed by atoms with van der Waals surface area (Å²) in [6, 6.07) is 7.84. The molecule has 0 saturated carbocycles. The van der Waals surface area contributed by atoms with Crippen molar-refractivity contribution in [3.8, 4) is 0 Å². The van der Waals surface area contributed by atoms with Crippen LogP contribution in [0.2, 0.25) is 0 Å². The standard InChI is InChI=1S/C21H29N3O4S/c1-16-6-7-18(17(2)13-16)5-4-8-22-21(25)20-14-19(15-23(20)3)29(26,27)24-9-11-28-12-10-24/h6-7,13-15H,4-5,8-12H2,1-3H3,(H,22,25). The maximum Gasteiger partial charge on any atom is 0.267 e. The molecular weight excluding hydrogens is 390 g/mol. The van der Waals surface area contributed by atoms with E-state index in [1.807, 2.05) is 0 Å². The number of carbonyl (C=O) groups excluding carboxylic acids is 1. The fraction of sp³-hybridized carbons (Fsp3) is 0.476. The summed E-state index contributed by atoms with van der Waals surface area (Å²) in [5.74, 6) is -0.267. The van der Waals surface area contributed by atoms with Crippen LogP contribution in [0.3, 0.4) is 0 Å². The number of amides is 1. The van der Waals surface area contributed by atoms with Crippen LogP contribution in [0, 0.1) is 13.8 Å². The summed E-state index contributed by atoms with van der Waals surface area (Å²) in [6.07, 6.45) is 3.20.